The van der Waals surface area contributed by atoms with Crippen molar-refractivity contribution in [3.63, 3.8) is 0 Å². The molecule has 1 atom stereocenters. The molecule has 10 heteroatoms. The Balaban J connectivity index is 0.00000261. The molecule has 1 saturated heterocycles. The van der Waals surface area contributed by atoms with E-state index in [1.54, 1.807) is 17.5 Å². The van der Waals surface area contributed by atoms with Gasteiger partial charge in [0.2, 0.25) is 11.8 Å². The number of ether oxygens (including phenoxy) is 1. The fourth-order valence-corrected chi connectivity index (χ4v) is 3.33. The van der Waals surface area contributed by atoms with Crippen LogP contribution in [-0.2, 0) is 14.3 Å². The van der Waals surface area contributed by atoms with Crippen LogP contribution in [0, 0.1) is 5.82 Å². The Bertz CT molecular complexity index is 811. The Hall–Kier alpha value is -2.07. The van der Waals surface area contributed by atoms with Crippen LogP contribution in [0.5, 0.6) is 0 Å². The minimum atomic E-state index is -0.497. The van der Waals surface area contributed by atoms with Gasteiger partial charge in [-0.15, -0.1) is 23.7 Å². The predicted octanol–water partition coefficient (Wildman–Crippen LogP) is 2.65. The first-order chi connectivity index (χ1) is 12.5. The molecule has 1 aliphatic rings. The Morgan fingerprint density at radius 2 is 2.22 bits per heavy atom. The van der Waals surface area contributed by atoms with Crippen LogP contribution in [0.1, 0.15) is 13.3 Å². The SMILES string of the molecule is CC(=O)Nc1ccc(-c2csc(NC(=O)CC3COCCN3)n2)c(F)c1.Cl. The summed E-state index contributed by atoms with van der Waals surface area (Å²) in [5.41, 5.74) is 1.11. The summed E-state index contributed by atoms with van der Waals surface area (Å²) in [5.74, 6) is -0.938. The number of thiazole rings is 1. The third-order valence-corrected chi connectivity index (χ3v) is 4.50. The van der Waals surface area contributed by atoms with Gasteiger partial charge < -0.3 is 20.7 Å². The minimum absolute atomic E-state index is 0. The highest BCUT2D eigenvalue weighted by Crippen LogP contribution is 2.28. The zero-order chi connectivity index (χ0) is 18.5. The maximum Gasteiger partial charge on any atom is 0.227 e. The van der Waals surface area contributed by atoms with Crippen LogP contribution in [0.25, 0.3) is 11.3 Å². The van der Waals surface area contributed by atoms with Gasteiger partial charge in [-0.05, 0) is 18.2 Å². The van der Waals surface area contributed by atoms with E-state index in [-0.39, 0.29) is 36.7 Å². The number of amides is 2. The maximum absolute atomic E-state index is 14.3. The lowest BCUT2D eigenvalue weighted by molar-refractivity contribution is -0.117. The van der Waals surface area contributed by atoms with Crippen LogP contribution in [-0.4, -0.2) is 42.6 Å². The first-order valence-corrected chi connectivity index (χ1v) is 9.03. The molecule has 3 rings (SSSR count). The van der Waals surface area contributed by atoms with Gasteiger partial charge in [0, 0.05) is 42.6 Å². The summed E-state index contributed by atoms with van der Waals surface area (Å²) >= 11 is 1.23. The normalized spacial score (nSPS) is 16.3. The molecule has 0 spiro atoms. The van der Waals surface area contributed by atoms with Gasteiger partial charge in [-0.1, -0.05) is 0 Å². The summed E-state index contributed by atoms with van der Waals surface area (Å²) in [4.78, 5) is 27.4. The molecule has 1 aromatic carbocycles. The standard InChI is InChI=1S/C17H19FN4O3S.ClH/c1-10(23)20-11-2-3-13(14(18)6-11)15-9-26-17(21-15)22-16(24)7-12-8-25-5-4-19-12;/h2-3,6,9,12,19H,4-5,7-8H2,1H3,(H,20,23)(H,21,22,24);1H. The number of hydrogen-bond donors (Lipinski definition) is 3. The molecule has 0 radical (unpaired) electrons. The Morgan fingerprint density at radius 3 is 2.89 bits per heavy atom. The second-order valence-electron chi connectivity index (χ2n) is 5.89. The van der Waals surface area contributed by atoms with Gasteiger partial charge in [0.25, 0.3) is 0 Å². The summed E-state index contributed by atoms with van der Waals surface area (Å²) in [6, 6.07) is 4.38. The fraction of sp³-hybridized carbons (Fsp3) is 0.353. The summed E-state index contributed by atoms with van der Waals surface area (Å²) in [6.45, 7) is 3.24. The summed E-state index contributed by atoms with van der Waals surface area (Å²) < 4.78 is 19.6. The molecule has 0 aliphatic carbocycles. The number of hydrogen-bond acceptors (Lipinski definition) is 6. The summed E-state index contributed by atoms with van der Waals surface area (Å²) in [6.07, 6.45) is 0.286. The van der Waals surface area contributed by atoms with Crippen molar-refractivity contribution in [3.05, 3.63) is 29.4 Å². The molecule has 1 aliphatic heterocycles. The number of halogens is 2. The van der Waals surface area contributed by atoms with Crippen molar-refractivity contribution in [2.24, 2.45) is 0 Å². The smallest absolute Gasteiger partial charge is 0.227 e. The number of aromatic nitrogens is 1. The van der Waals surface area contributed by atoms with Crippen LogP contribution in [0.3, 0.4) is 0 Å². The van der Waals surface area contributed by atoms with Gasteiger partial charge in [-0.2, -0.15) is 0 Å². The van der Waals surface area contributed by atoms with E-state index in [9.17, 15) is 14.0 Å². The van der Waals surface area contributed by atoms with Crippen LogP contribution in [0.4, 0.5) is 15.2 Å². The first-order valence-electron chi connectivity index (χ1n) is 8.15. The predicted molar refractivity (Wildman–Crippen MR) is 105 cm³/mol. The zero-order valence-corrected chi connectivity index (χ0v) is 16.2. The number of benzene rings is 1. The molecule has 1 aromatic heterocycles. The highest BCUT2D eigenvalue weighted by molar-refractivity contribution is 7.14. The summed E-state index contributed by atoms with van der Waals surface area (Å²) in [7, 11) is 0. The van der Waals surface area contributed by atoms with Crippen molar-refractivity contribution in [3.8, 4) is 11.3 Å². The van der Waals surface area contributed by atoms with Gasteiger partial charge in [0.1, 0.15) is 5.82 Å². The molecule has 2 amide bonds. The van der Waals surface area contributed by atoms with Crippen molar-refractivity contribution in [1.82, 2.24) is 10.3 Å². The van der Waals surface area contributed by atoms with Crippen molar-refractivity contribution in [2.45, 2.75) is 19.4 Å². The van der Waals surface area contributed by atoms with Gasteiger partial charge in [0.15, 0.2) is 5.13 Å². The number of nitrogens with zero attached hydrogens (tertiary/aromatic N) is 1. The average Bonchev–Trinajstić information content (AvgIpc) is 3.03. The molecular weight excluding hydrogens is 395 g/mol. The second-order valence-corrected chi connectivity index (χ2v) is 6.75. The lowest BCUT2D eigenvalue weighted by atomic mass is 10.1. The highest BCUT2D eigenvalue weighted by Gasteiger charge is 2.18. The first kappa shape index (κ1) is 21.2. The molecule has 1 fully saturated rings. The highest BCUT2D eigenvalue weighted by atomic mass is 35.5. The van der Waals surface area contributed by atoms with Crippen molar-refractivity contribution in [2.75, 3.05) is 30.4 Å². The lowest BCUT2D eigenvalue weighted by Gasteiger charge is -2.22. The number of carbonyl (C=O) groups is 2. The largest absolute Gasteiger partial charge is 0.378 e. The molecule has 146 valence electrons. The zero-order valence-electron chi connectivity index (χ0n) is 14.6. The van der Waals surface area contributed by atoms with E-state index >= 15 is 0 Å². The van der Waals surface area contributed by atoms with E-state index in [2.05, 4.69) is 20.9 Å². The van der Waals surface area contributed by atoms with E-state index in [4.69, 9.17) is 4.74 Å². The van der Waals surface area contributed by atoms with E-state index in [0.29, 0.717) is 35.3 Å². The Morgan fingerprint density at radius 1 is 1.41 bits per heavy atom. The molecule has 2 heterocycles. The van der Waals surface area contributed by atoms with Crippen LogP contribution in [0.15, 0.2) is 23.6 Å². The topological polar surface area (TPSA) is 92.4 Å². The van der Waals surface area contributed by atoms with Crippen molar-refractivity contribution in [1.29, 1.82) is 0 Å². The quantitative estimate of drug-likeness (QED) is 0.699. The number of rotatable bonds is 5. The number of morpholine rings is 1. The average molecular weight is 415 g/mol. The van der Waals surface area contributed by atoms with Crippen molar-refractivity contribution >= 4 is 46.4 Å². The molecular formula is C17H20ClFN4O3S. The van der Waals surface area contributed by atoms with Crippen molar-refractivity contribution < 1.29 is 18.7 Å². The van der Waals surface area contributed by atoms with Gasteiger partial charge in [0.05, 0.1) is 18.9 Å². The molecule has 1 unspecified atom stereocenters. The lowest BCUT2D eigenvalue weighted by Crippen LogP contribution is -2.43. The molecule has 7 nitrogen and oxygen atoms in total. The number of anilines is 2. The monoisotopic (exact) mass is 414 g/mol. The number of nitrogens with one attached hydrogen (secondary N) is 3. The Kier molecular flexibility index (Phi) is 7.66. The maximum atomic E-state index is 14.3. The molecule has 2 aromatic rings. The Labute approximate surface area is 166 Å². The fourth-order valence-electron chi connectivity index (χ4n) is 2.60. The molecule has 0 bridgehead atoms. The third kappa shape index (κ3) is 5.96. The van der Waals surface area contributed by atoms with Crippen LogP contribution < -0.4 is 16.0 Å². The van der Waals surface area contributed by atoms with E-state index in [0.717, 1.165) is 6.54 Å². The van der Waals surface area contributed by atoms with Crippen LogP contribution in [0.2, 0.25) is 0 Å². The van der Waals surface area contributed by atoms with E-state index < -0.39 is 5.82 Å². The summed E-state index contributed by atoms with van der Waals surface area (Å²) in [5, 5.41) is 10.5. The molecule has 27 heavy (non-hydrogen) atoms. The van der Waals surface area contributed by atoms with E-state index in [1.165, 1.54) is 24.3 Å². The number of carbonyl (C=O) groups excluding carboxylic acids is 2. The third-order valence-electron chi connectivity index (χ3n) is 3.75. The van der Waals surface area contributed by atoms with Gasteiger partial charge >= 0.3 is 0 Å². The van der Waals surface area contributed by atoms with Gasteiger partial charge in [-0.25, -0.2) is 9.37 Å². The van der Waals surface area contributed by atoms with Crippen LogP contribution >= 0.6 is 23.7 Å². The minimum Gasteiger partial charge on any atom is -0.378 e. The van der Waals surface area contributed by atoms with Gasteiger partial charge in [-0.3, -0.25) is 9.59 Å². The molecule has 3 N–H and O–H groups in total. The second kappa shape index (κ2) is 9.75. The van der Waals surface area contributed by atoms with E-state index in [1.807, 2.05) is 0 Å². The molecule has 0 saturated carbocycles.